The number of Topliss-reactive ketones (excluding diaryl/α,β-unsaturated/α-hetero) is 1. The van der Waals surface area contributed by atoms with Gasteiger partial charge in [0, 0.05) is 67.2 Å². The largest absolute Gasteiger partial charge is 0.299 e. The average Bonchev–Trinajstić information content (AvgIpc) is 3.49. The summed E-state index contributed by atoms with van der Waals surface area (Å²) in [4.78, 5) is 22.8. The Labute approximate surface area is 192 Å². The number of aryl methyl sites for hydroxylation is 1. The maximum atomic E-state index is 11.3. The van der Waals surface area contributed by atoms with Crippen LogP contribution in [0.4, 0.5) is 0 Å². The maximum absolute atomic E-state index is 11.3. The van der Waals surface area contributed by atoms with Gasteiger partial charge in [0.25, 0.3) is 0 Å². The molecule has 0 N–H and O–H groups in total. The molecule has 0 amide bonds. The lowest BCUT2D eigenvalue weighted by atomic mass is 10.0. The summed E-state index contributed by atoms with van der Waals surface area (Å²) < 4.78 is 3.84. The highest BCUT2D eigenvalue weighted by Crippen LogP contribution is 2.27. The molecule has 0 atom stereocenters. The minimum absolute atomic E-state index is 0.224. The van der Waals surface area contributed by atoms with E-state index in [-0.39, 0.29) is 5.78 Å². The summed E-state index contributed by atoms with van der Waals surface area (Å²) in [7, 11) is 1.91. The molecule has 1 aliphatic heterocycles. The first-order chi connectivity index (χ1) is 16.0. The Morgan fingerprint density at radius 2 is 1.61 bits per heavy atom. The molecule has 168 valence electrons. The van der Waals surface area contributed by atoms with Crippen LogP contribution in [0.2, 0.25) is 0 Å². The Bertz CT molecular complexity index is 1250. The number of aromatic nitrogens is 6. The number of likely N-dealkylation sites (tertiary alicyclic amines) is 1. The molecule has 1 fully saturated rings. The predicted molar refractivity (Wildman–Crippen MR) is 126 cm³/mol. The van der Waals surface area contributed by atoms with Crippen LogP contribution in [-0.4, -0.2) is 59.8 Å². The lowest BCUT2D eigenvalue weighted by Gasteiger charge is -2.31. The lowest BCUT2D eigenvalue weighted by Crippen LogP contribution is -2.37. The zero-order chi connectivity index (χ0) is 22.8. The van der Waals surface area contributed by atoms with Gasteiger partial charge in [-0.2, -0.15) is 10.2 Å². The van der Waals surface area contributed by atoms with Gasteiger partial charge in [-0.15, -0.1) is 0 Å². The quantitative estimate of drug-likeness (QED) is 0.454. The zero-order valence-corrected chi connectivity index (χ0v) is 18.9. The molecular weight excluding hydrogens is 414 g/mol. The van der Waals surface area contributed by atoms with E-state index in [0.717, 1.165) is 53.7 Å². The van der Waals surface area contributed by atoms with E-state index in [4.69, 9.17) is 0 Å². The SMILES string of the molecule is CC(=O)CN1CCC(n2cc(-c3cnc(-c4cccc(-c5cnn(C)c5)c4)nc3)cn2)CC1. The molecule has 4 heterocycles. The molecule has 8 nitrogen and oxygen atoms in total. The number of carbonyl (C=O) groups excluding carboxylic acids is 1. The van der Waals surface area contributed by atoms with Gasteiger partial charge in [0.1, 0.15) is 5.78 Å². The summed E-state index contributed by atoms with van der Waals surface area (Å²) in [5.41, 5.74) is 5.08. The van der Waals surface area contributed by atoms with Crippen molar-refractivity contribution in [3.63, 3.8) is 0 Å². The standard InChI is InChI=1S/C25H27N7O/c1-18(33)15-31-8-6-24(7-9-31)32-17-23(14-29-32)21-11-26-25(27-12-21)20-5-3-4-19(10-20)22-13-28-30(2)16-22/h3-5,10-14,16-17,24H,6-9,15H2,1-2H3. The van der Waals surface area contributed by atoms with Crippen molar-refractivity contribution >= 4 is 5.78 Å². The molecule has 1 saturated heterocycles. The molecule has 0 unspecified atom stereocenters. The Balaban J connectivity index is 1.28. The van der Waals surface area contributed by atoms with Gasteiger partial charge in [0.2, 0.25) is 0 Å². The Hall–Kier alpha value is -3.65. The summed E-state index contributed by atoms with van der Waals surface area (Å²) in [6, 6.07) is 8.54. The van der Waals surface area contributed by atoms with Gasteiger partial charge in [-0.05, 0) is 31.4 Å². The number of ketones is 1. The van der Waals surface area contributed by atoms with Crippen molar-refractivity contribution in [2.75, 3.05) is 19.6 Å². The van der Waals surface area contributed by atoms with Crippen LogP contribution in [0.3, 0.4) is 0 Å². The van der Waals surface area contributed by atoms with Crippen LogP contribution in [0, 0.1) is 0 Å². The highest BCUT2D eigenvalue weighted by atomic mass is 16.1. The van der Waals surface area contributed by atoms with Crippen LogP contribution in [0.5, 0.6) is 0 Å². The smallest absolute Gasteiger partial charge is 0.159 e. The van der Waals surface area contributed by atoms with Crippen LogP contribution in [0.15, 0.2) is 61.4 Å². The number of carbonyl (C=O) groups is 1. The molecule has 0 bridgehead atoms. The van der Waals surface area contributed by atoms with E-state index in [0.29, 0.717) is 18.4 Å². The average molecular weight is 442 g/mol. The van der Waals surface area contributed by atoms with Crippen molar-refractivity contribution in [2.24, 2.45) is 7.05 Å². The van der Waals surface area contributed by atoms with Crippen molar-refractivity contribution < 1.29 is 4.79 Å². The second-order valence-electron chi connectivity index (χ2n) is 8.70. The molecule has 4 aromatic rings. The minimum Gasteiger partial charge on any atom is -0.299 e. The number of hydrogen-bond donors (Lipinski definition) is 0. The molecule has 3 aromatic heterocycles. The molecule has 1 aromatic carbocycles. The van der Waals surface area contributed by atoms with Gasteiger partial charge in [-0.25, -0.2) is 9.97 Å². The topological polar surface area (TPSA) is 81.7 Å². The van der Waals surface area contributed by atoms with E-state index >= 15 is 0 Å². The minimum atomic E-state index is 0.224. The molecule has 0 spiro atoms. The molecule has 0 aliphatic carbocycles. The van der Waals surface area contributed by atoms with E-state index in [9.17, 15) is 4.79 Å². The van der Waals surface area contributed by atoms with E-state index < -0.39 is 0 Å². The monoisotopic (exact) mass is 441 g/mol. The molecule has 0 radical (unpaired) electrons. The van der Waals surface area contributed by atoms with Gasteiger partial charge in [0.05, 0.1) is 25.0 Å². The normalized spacial score (nSPS) is 15.1. The van der Waals surface area contributed by atoms with E-state index in [2.05, 4.69) is 43.4 Å². The van der Waals surface area contributed by atoms with Crippen LogP contribution >= 0.6 is 0 Å². The molecular formula is C25H27N7O. The highest BCUT2D eigenvalue weighted by Gasteiger charge is 2.22. The third kappa shape index (κ3) is 4.75. The maximum Gasteiger partial charge on any atom is 0.159 e. The Kier molecular flexibility index (Phi) is 5.83. The van der Waals surface area contributed by atoms with Crippen LogP contribution in [0.1, 0.15) is 25.8 Å². The Morgan fingerprint density at radius 3 is 2.30 bits per heavy atom. The third-order valence-electron chi connectivity index (χ3n) is 6.12. The van der Waals surface area contributed by atoms with Crippen molar-refractivity contribution in [1.29, 1.82) is 0 Å². The number of hydrogen-bond acceptors (Lipinski definition) is 6. The third-order valence-corrected chi connectivity index (χ3v) is 6.12. The number of benzene rings is 1. The zero-order valence-electron chi connectivity index (χ0n) is 18.9. The van der Waals surface area contributed by atoms with Gasteiger partial charge in [-0.3, -0.25) is 19.1 Å². The molecule has 33 heavy (non-hydrogen) atoms. The van der Waals surface area contributed by atoms with Crippen LogP contribution < -0.4 is 0 Å². The predicted octanol–water partition coefficient (Wildman–Crippen LogP) is 3.63. The van der Waals surface area contributed by atoms with Crippen molar-refractivity contribution in [3.05, 3.63) is 61.4 Å². The van der Waals surface area contributed by atoms with E-state index in [1.165, 1.54) is 0 Å². The first-order valence-corrected chi connectivity index (χ1v) is 11.2. The highest BCUT2D eigenvalue weighted by molar-refractivity contribution is 5.77. The first-order valence-electron chi connectivity index (χ1n) is 11.2. The van der Waals surface area contributed by atoms with Crippen LogP contribution in [0.25, 0.3) is 33.6 Å². The fraction of sp³-hybridized carbons (Fsp3) is 0.320. The van der Waals surface area contributed by atoms with Crippen molar-refractivity contribution in [1.82, 2.24) is 34.4 Å². The second-order valence-corrected chi connectivity index (χ2v) is 8.70. The molecule has 1 aliphatic rings. The molecule has 8 heteroatoms. The van der Waals surface area contributed by atoms with Crippen molar-refractivity contribution in [2.45, 2.75) is 25.8 Å². The molecule has 5 rings (SSSR count). The number of nitrogens with zero attached hydrogens (tertiary/aromatic N) is 7. The van der Waals surface area contributed by atoms with E-state index in [1.807, 2.05) is 54.8 Å². The summed E-state index contributed by atoms with van der Waals surface area (Å²) in [6.45, 7) is 4.05. The second kappa shape index (κ2) is 9.07. The first kappa shape index (κ1) is 21.2. The summed E-state index contributed by atoms with van der Waals surface area (Å²) in [6.07, 6.45) is 13.5. The van der Waals surface area contributed by atoms with Gasteiger partial charge in [-0.1, -0.05) is 18.2 Å². The lowest BCUT2D eigenvalue weighted by molar-refractivity contribution is -0.118. The van der Waals surface area contributed by atoms with Crippen LogP contribution in [-0.2, 0) is 11.8 Å². The number of rotatable bonds is 6. The van der Waals surface area contributed by atoms with Gasteiger partial charge >= 0.3 is 0 Å². The fourth-order valence-electron chi connectivity index (χ4n) is 4.38. The summed E-state index contributed by atoms with van der Waals surface area (Å²) >= 11 is 0. The fourth-order valence-corrected chi connectivity index (χ4v) is 4.38. The van der Waals surface area contributed by atoms with Gasteiger partial charge in [0.15, 0.2) is 5.82 Å². The molecule has 0 saturated carbocycles. The summed E-state index contributed by atoms with van der Waals surface area (Å²) in [5, 5.41) is 8.85. The van der Waals surface area contributed by atoms with E-state index in [1.54, 1.807) is 11.6 Å². The van der Waals surface area contributed by atoms with Crippen molar-refractivity contribution in [3.8, 4) is 33.6 Å². The Morgan fingerprint density at radius 1 is 0.909 bits per heavy atom. The van der Waals surface area contributed by atoms with Gasteiger partial charge < -0.3 is 0 Å². The number of piperidine rings is 1. The summed E-state index contributed by atoms with van der Waals surface area (Å²) in [5.74, 6) is 0.914.